The highest BCUT2D eigenvalue weighted by molar-refractivity contribution is 8.13. The summed E-state index contributed by atoms with van der Waals surface area (Å²) in [4.78, 5) is 33.4. The molecule has 0 aromatic carbocycles. The van der Waals surface area contributed by atoms with E-state index in [4.69, 9.17) is 5.11 Å². The molecule has 0 spiro atoms. The molecule has 0 heterocycles. The molecule has 1 unspecified atom stereocenters. The molecule has 1 aliphatic carbocycles. The molecule has 126 valence electrons. The highest BCUT2D eigenvalue weighted by atomic mass is 32.2. The predicted octanol–water partition coefficient (Wildman–Crippen LogP) is 2.20. The number of amides is 1. The first-order chi connectivity index (χ1) is 10.1. The third kappa shape index (κ3) is 5.86. The quantitative estimate of drug-likeness (QED) is 0.801. The van der Waals surface area contributed by atoms with Crippen LogP contribution in [0.2, 0.25) is 0 Å². The molecule has 0 saturated heterocycles. The van der Waals surface area contributed by atoms with Gasteiger partial charge < -0.3 is 10.4 Å². The van der Waals surface area contributed by atoms with Crippen molar-refractivity contribution in [2.24, 2.45) is 11.8 Å². The summed E-state index contributed by atoms with van der Waals surface area (Å²) in [5, 5.41) is 10.7. The first-order valence-corrected chi connectivity index (χ1v) is 7.83. The van der Waals surface area contributed by atoms with E-state index in [1.807, 2.05) is 0 Å². The summed E-state index contributed by atoms with van der Waals surface area (Å²) in [6.45, 7) is 1.14. The second kappa shape index (κ2) is 7.85. The fourth-order valence-electron chi connectivity index (χ4n) is 2.31. The van der Waals surface area contributed by atoms with Crippen molar-refractivity contribution < 1.29 is 32.7 Å². The summed E-state index contributed by atoms with van der Waals surface area (Å²) in [5.41, 5.74) is 0. The van der Waals surface area contributed by atoms with E-state index in [1.165, 1.54) is 0 Å². The van der Waals surface area contributed by atoms with Crippen molar-refractivity contribution in [2.75, 3.05) is 5.75 Å². The zero-order chi connectivity index (χ0) is 16.9. The molecule has 0 aliphatic heterocycles. The normalized spacial score (nSPS) is 23.6. The molecule has 1 fully saturated rings. The Bertz CT molecular complexity index is 433. The largest absolute Gasteiger partial charge is 0.481 e. The van der Waals surface area contributed by atoms with Crippen LogP contribution >= 0.6 is 11.8 Å². The molecule has 0 aromatic rings. The van der Waals surface area contributed by atoms with Gasteiger partial charge in [-0.05, 0) is 25.7 Å². The maximum Gasteiger partial charge on any atom is 0.401 e. The van der Waals surface area contributed by atoms with Gasteiger partial charge in [0.05, 0.1) is 5.92 Å². The average Bonchev–Trinajstić information content (AvgIpc) is 2.37. The number of halogens is 3. The molecular weight excluding hydrogens is 323 g/mol. The topological polar surface area (TPSA) is 83.5 Å². The standard InChI is InChI=1S/C13H18F3NO4S/c1-7(18)22-6-10(13(14,15)16)11(19)17-9-4-2-8(3-5-9)12(20)21/h8-10H,2-6H2,1H3,(H,17,19)(H,20,21). The van der Waals surface area contributed by atoms with Crippen LogP contribution in [0.3, 0.4) is 0 Å². The summed E-state index contributed by atoms with van der Waals surface area (Å²) in [6.07, 6.45) is -3.37. The monoisotopic (exact) mass is 341 g/mol. The Hall–Kier alpha value is -1.25. The number of hydrogen-bond donors (Lipinski definition) is 2. The minimum absolute atomic E-state index is 0.333. The molecule has 1 rings (SSSR count). The van der Waals surface area contributed by atoms with Crippen molar-refractivity contribution in [1.29, 1.82) is 0 Å². The fraction of sp³-hybridized carbons (Fsp3) is 0.769. The maximum atomic E-state index is 12.9. The van der Waals surface area contributed by atoms with E-state index in [2.05, 4.69) is 5.32 Å². The number of alkyl halides is 3. The Morgan fingerprint density at radius 2 is 1.77 bits per heavy atom. The van der Waals surface area contributed by atoms with E-state index in [9.17, 15) is 27.6 Å². The smallest absolute Gasteiger partial charge is 0.401 e. The van der Waals surface area contributed by atoms with Crippen molar-refractivity contribution in [3.63, 3.8) is 0 Å². The minimum atomic E-state index is -4.72. The highest BCUT2D eigenvalue weighted by Gasteiger charge is 2.45. The molecule has 1 aliphatic rings. The Morgan fingerprint density at radius 3 is 2.18 bits per heavy atom. The van der Waals surface area contributed by atoms with Gasteiger partial charge in [0.1, 0.15) is 5.92 Å². The molecule has 1 atom stereocenters. The number of carboxylic acids is 1. The molecule has 5 nitrogen and oxygen atoms in total. The van der Waals surface area contributed by atoms with E-state index in [0.29, 0.717) is 37.4 Å². The van der Waals surface area contributed by atoms with E-state index >= 15 is 0 Å². The molecular formula is C13H18F3NO4S. The Kier molecular flexibility index (Phi) is 6.70. The van der Waals surface area contributed by atoms with Crippen LogP contribution in [0.5, 0.6) is 0 Å². The molecule has 1 amide bonds. The van der Waals surface area contributed by atoms with Gasteiger partial charge in [-0.15, -0.1) is 0 Å². The lowest BCUT2D eigenvalue weighted by Crippen LogP contribution is -2.46. The van der Waals surface area contributed by atoms with Crippen LogP contribution in [-0.4, -0.2) is 40.1 Å². The van der Waals surface area contributed by atoms with Crippen molar-refractivity contribution in [3.05, 3.63) is 0 Å². The minimum Gasteiger partial charge on any atom is -0.481 e. The van der Waals surface area contributed by atoms with Crippen LogP contribution in [0, 0.1) is 11.8 Å². The van der Waals surface area contributed by atoms with Crippen molar-refractivity contribution >= 4 is 28.8 Å². The Labute approximate surface area is 130 Å². The SMILES string of the molecule is CC(=O)SCC(C(=O)NC1CCC(C(=O)O)CC1)C(F)(F)F. The maximum absolute atomic E-state index is 12.9. The van der Waals surface area contributed by atoms with Gasteiger partial charge in [-0.3, -0.25) is 14.4 Å². The van der Waals surface area contributed by atoms with Gasteiger partial charge in [-0.25, -0.2) is 0 Å². The van der Waals surface area contributed by atoms with Crippen molar-refractivity contribution in [2.45, 2.75) is 44.8 Å². The van der Waals surface area contributed by atoms with Gasteiger partial charge in [0.2, 0.25) is 5.91 Å². The molecule has 22 heavy (non-hydrogen) atoms. The second-order valence-electron chi connectivity index (χ2n) is 5.29. The summed E-state index contributed by atoms with van der Waals surface area (Å²) >= 11 is 0.463. The zero-order valence-electron chi connectivity index (χ0n) is 12.0. The number of thioether (sulfide) groups is 1. The van der Waals surface area contributed by atoms with E-state index in [-0.39, 0.29) is 0 Å². The lowest BCUT2D eigenvalue weighted by Gasteiger charge is -2.28. The molecule has 0 radical (unpaired) electrons. The molecule has 1 saturated carbocycles. The number of carbonyl (C=O) groups excluding carboxylic acids is 2. The van der Waals surface area contributed by atoms with E-state index < -0.39 is 46.8 Å². The number of hydrogen-bond acceptors (Lipinski definition) is 4. The molecule has 0 aromatic heterocycles. The van der Waals surface area contributed by atoms with Crippen LogP contribution in [0.1, 0.15) is 32.6 Å². The van der Waals surface area contributed by atoms with Gasteiger partial charge in [0.25, 0.3) is 0 Å². The van der Waals surface area contributed by atoms with Gasteiger partial charge in [0, 0.05) is 18.7 Å². The number of rotatable bonds is 5. The van der Waals surface area contributed by atoms with Gasteiger partial charge >= 0.3 is 12.1 Å². The fourth-order valence-corrected chi connectivity index (χ4v) is 3.05. The molecule has 9 heteroatoms. The Morgan fingerprint density at radius 1 is 1.23 bits per heavy atom. The number of nitrogens with one attached hydrogen (secondary N) is 1. The van der Waals surface area contributed by atoms with Gasteiger partial charge in [-0.2, -0.15) is 13.2 Å². The van der Waals surface area contributed by atoms with Crippen LogP contribution in [0.25, 0.3) is 0 Å². The number of carbonyl (C=O) groups is 3. The average molecular weight is 341 g/mol. The van der Waals surface area contributed by atoms with Crippen LogP contribution in [0.4, 0.5) is 13.2 Å². The first kappa shape index (κ1) is 18.8. The zero-order valence-corrected chi connectivity index (χ0v) is 12.8. The summed E-state index contributed by atoms with van der Waals surface area (Å²) in [6, 6.07) is -0.449. The van der Waals surface area contributed by atoms with Crippen molar-refractivity contribution in [3.8, 4) is 0 Å². The molecule has 0 bridgehead atoms. The van der Waals surface area contributed by atoms with Gasteiger partial charge in [0.15, 0.2) is 5.12 Å². The van der Waals surface area contributed by atoms with Crippen LogP contribution in [0.15, 0.2) is 0 Å². The van der Waals surface area contributed by atoms with E-state index in [0.717, 1.165) is 6.92 Å². The van der Waals surface area contributed by atoms with Crippen LogP contribution < -0.4 is 5.32 Å². The third-order valence-corrected chi connectivity index (χ3v) is 4.49. The number of aliphatic carboxylic acids is 1. The molecule has 2 N–H and O–H groups in total. The second-order valence-corrected chi connectivity index (χ2v) is 6.49. The lowest BCUT2D eigenvalue weighted by atomic mass is 9.86. The first-order valence-electron chi connectivity index (χ1n) is 6.84. The van der Waals surface area contributed by atoms with E-state index in [1.54, 1.807) is 0 Å². The summed E-state index contributed by atoms with van der Waals surface area (Å²) in [5.74, 6) is -5.45. The summed E-state index contributed by atoms with van der Waals surface area (Å²) in [7, 11) is 0. The highest BCUT2D eigenvalue weighted by Crippen LogP contribution is 2.31. The lowest BCUT2D eigenvalue weighted by molar-refractivity contribution is -0.178. The predicted molar refractivity (Wildman–Crippen MR) is 74.2 cm³/mol. The van der Waals surface area contributed by atoms with Gasteiger partial charge in [-0.1, -0.05) is 11.8 Å². The number of carboxylic acid groups (broad SMARTS) is 1. The van der Waals surface area contributed by atoms with Crippen LogP contribution in [-0.2, 0) is 14.4 Å². The third-order valence-electron chi connectivity index (χ3n) is 3.59. The van der Waals surface area contributed by atoms with Crippen molar-refractivity contribution in [1.82, 2.24) is 5.32 Å². The Balaban J connectivity index is 2.57. The summed E-state index contributed by atoms with van der Waals surface area (Å²) < 4.78 is 38.6.